The summed E-state index contributed by atoms with van der Waals surface area (Å²) in [6.45, 7) is 5.70. The van der Waals surface area contributed by atoms with Crippen LogP contribution in [0.3, 0.4) is 0 Å². The molecule has 0 saturated heterocycles. The second kappa shape index (κ2) is 6.37. The van der Waals surface area contributed by atoms with E-state index < -0.39 is 21.5 Å². The van der Waals surface area contributed by atoms with Crippen molar-refractivity contribution in [2.45, 2.75) is 44.9 Å². The molecule has 0 bridgehead atoms. The van der Waals surface area contributed by atoms with Gasteiger partial charge in [-0.25, -0.2) is 17.9 Å². The molecule has 2 N–H and O–H groups in total. The van der Waals surface area contributed by atoms with E-state index in [-0.39, 0.29) is 11.3 Å². The third kappa shape index (κ3) is 5.30. The van der Waals surface area contributed by atoms with Crippen molar-refractivity contribution in [1.29, 1.82) is 0 Å². The first-order valence-electron chi connectivity index (χ1n) is 6.49. The molecule has 0 amide bonds. The van der Waals surface area contributed by atoms with E-state index in [9.17, 15) is 13.2 Å². The normalized spacial score (nSPS) is 12.3. The van der Waals surface area contributed by atoms with Crippen molar-refractivity contribution in [3.05, 3.63) is 35.4 Å². The Morgan fingerprint density at radius 1 is 1.25 bits per heavy atom. The van der Waals surface area contributed by atoms with Gasteiger partial charge in [-0.15, -0.1) is 0 Å². The minimum Gasteiger partial charge on any atom is -0.478 e. The highest BCUT2D eigenvalue weighted by Gasteiger charge is 2.24. The van der Waals surface area contributed by atoms with E-state index in [0.717, 1.165) is 12.8 Å². The summed E-state index contributed by atoms with van der Waals surface area (Å²) in [6, 6.07) is 5.86. The zero-order valence-corrected chi connectivity index (χ0v) is 12.8. The van der Waals surface area contributed by atoms with Crippen molar-refractivity contribution >= 4 is 16.0 Å². The van der Waals surface area contributed by atoms with Crippen LogP contribution in [0, 0.1) is 0 Å². The molecular formula is C14H21NO4S. The third-order valence-electron chi connectivity index (χ3n) is 2.86. The second-order valence-corrected chi connectivity index (χ2v) is 7.22. The topological polar surface area (TPSA) is 83.5 Å². The van der Waals surface area contributed by atoms with E-state index in [4.69, 9.17) is 5.11 Å². The number of hydrogen-bond acceptors (Lipinski definition) is 3. The van der Waals surface area contributed by atoms with Gasteiger partial charge in [0.05, 0.1) is 11.3 Å². The average Bonchev–Trinajstić information content (AvgIpc) is 2.26. The largest absolute Gasteiger partial charge is 0.478 e. The number of carboxylic acids is 1. The molecule has 1 aromatic carbocycles. The summed E-state index contributed by atoms with van der Waals surface area (Å²) in [4.78, 5) is 10.7. The first-order valence-corrected chi connectivity index (χ1v) is 8.14. The maximum absolute atomic E-state index is 12.1. The molecule has 0 unspecified atom stereocenters. The number of aromatic carboxylic acids is 1. The summed E-state index contributed by atoms with van der Waals surface area (Å²) < 4.78 is 26.8. The number of hydrogen-bond donors (Lipinski definition) is 2. The summed E-state index contributed by atoms with van der Waals surface area (Å²) in [5.41, 5.74) is 0.231. The highest BCUT2D eigenvalue weighted by Crippen LogP contribution is 2.15. The van der Waals surface area contributed by atoms with E-state index in [1.165, 1.54) is 24.3 Å². The lowest BCUT2D eigenvalue weighted by atomic mass is 10.0. The molecule has 0 aliphatic heterocycles. The van der Waals surface area contributed by atoms with Crippen LogP contribution in [0.15, 0.2) is 24.3 Å². The van der Waals surface area contributed by atoms with Gasteiger partial charge in [-0.05, 0) is 38.0 Å². The predicted molar refractivity (Wildman–Crippen MR) is 78.1 cm³/mol. The molecule has 0 fully saturated rings. The Kier molecular flexibility index (Phi) is 5.30. The number of benzene rings is 1. The Bertz CT molecular complexity index is 561. The Morgan fingerprint density at radius 3 is 2.25 bits per heavy atom. The van der Waals surface area contributed by atoms with E-state index in [1.54, 1.807) is 0 Å². The van der Waals surface area contributed by atoms with Crippen LogP contribution in [-0.4, -0.2) is 25.0 Å². The Labute approximate surface area is 120 Å². The lowest BCUT2D eigenvalue weighted by Gasteiger charge is -2.25. The van der Waals surface area contributed by atoms with Gasteiger partial charge in [0.15, 0.2) is 0 Å². The number of carbonyl (C=O) groups is 1. The average molecular weight is 299 g/mol. The van der Waals surface area contributed by atoms with Crippen molar-refractivity contribution in [3.8, 4) is 0 Å². The lowest BCUT2D eigenvalue weighted by molar-refractivity contribution is 0.0697. The molecule has 0 aliphatic rings. The molecule has 1 aromatic rings. The minimum atomic E-state index is -3.45. The first kappa shape index (κ1) is 16.7. The van der Waals surface area contributed by atoms with Crippen LogP contribution in [0.2, 0.25) is 0 Å². The van der Waals surface area contributed by atoms with Gasteiger partial charge in [0.1, 0.15) is 0 Å². The molecule has 0 saturated carbocycles. The molecule has 112 valence electrons. The molecule has 0 radical (unpaired) electrons. The molecule has 0 aliphatic carbocycles. The molecule has 0 atom stereocenters. The minimum absolute atomic E-state index is 0.144. The smallest absolute Gasteiger partial charge is 0.335 e. The summed E-state index contributed by atoms with van der Waals surface area (Å²) >= 11 is 0. The molecule has 0 aromatic heterocycles. The standard InChI is InChI=1S/C14H21NO4S/c1-4-9-14(2,3)15-20(18,19)10-11-5-7-12(8-6-11)13(16)17/h5-8,15H,4,9-10H2,1-3H3,(H,16,17). The van der Waals surface area contributed by atoms with Gasteiger partial charge < -0.3 is 5.11 Å². The van der Waals surface area contributed by atoms with Gasteiger partial charge in [0.25, 0.3) is 0 Å². The van der Waals surface area contributed by atoms with Crippen LogP contribution in [0.4, 0.5) is 0 Å². The SMILES string of the molecule is CCCC(C)(C)NS(=O)(=O)Cc1ccc(C(=O)O)cc1. The van der Waals surface area contributed by atoms with E-state index in [2.05, 4.69) is 4.72 Å². The van der Waals surface area contributed by atoms with E-state index in [1.807, 2.05) is 20.8 Å². The van der Waals surface area contributed by atoms with Crippen LogP contribution in [0.5, 0.6) is 0 Å². The fourth-order valence-electron chi connectivity index (χ4n) is 2.10. The van der Waals surface area contributed by atoms with Crippen LogP contribution in [0.1, 0.15) is 49.5 Å². The number of rotatable bonds is 7. The fraction of sp³-hybridized carbons (Fsp3) is 0.500. The van der Waals surface area contributed by atoms with Crippen LogP contribution in [-0.2, 0) is 15.8 Å². The van der Waals surface area contributed by atoms with Gasteiger partial charge in [0.2, 0.25) is 10.0 Å². The van der Waals surface area contributed by atoms with Crippen molar-refractivity contribution in [2.24, 2.45) is 0 Å². The Balaban J connectivity index is 2.78. The summed E-state index contributed by atoms with van der Waals surface area (Å²) in [7, 11) is -3.45. The van der Waals surface area contributed by atoms with Gasteiger partial charge in [-0.1, -0.05) is 25.5 Å². The zero-order valence-electron chi connectivity index (χ0n) is 12.0. The molecule has 0 spiro atoms. The van der Waals surface area contributed by atoms with Gasteiger partial charge in [-0.2, -0.15) is 0 Å². The van der Waals surface area contributed by atoms with E-state index in [0.29, 0.717) is 5.56 Å². The van der Waals surface area contributed by atoms with Crippen molar-refractivity contribution < 1.29 is 18.3 Å². The van der Waals surface area contributed by atoms with Crippen molar-refractivity contribution in [3.63, 3.8) is 0 Å². The highest BCUT2D eigenvalue weighted by atomic mass is 32.2. The quantitative estimate of drug-likeness (QED) is 0.809. The lowest BCUT2D eigenvalue weighted by Crippen LogP contribution is -2.43. The predicted octanol–water partition coefficient (Wildman–Crippen LogP) is 2.38. The summed E-state index contributed by atoms with van der Waals surface area (Å²) in [6.07, 6.45) is 1.65. The summed E-state index contributed by atoms with van der Waals surface area (Å²) in [5, 5.41) is 8.79. The molecule has 6 heteroatoms. The highest BCUT2D eigenvalue weighted by molar-refractivity contribution is 7.88. The number of carboxylic acid groups (broad SMARTS) is 1. The Morgan fingerprint density at radius 2 is 1.80 bits per heavy atom. The van der Waals surface area contributed by atoms with Crippen LogP contribution in [0.25, 0.3) is 0 Å². The zero-order chi connectivity index (χ0) is 15.4. The monoisotopic (exact) mass is 299 g/mol. The Hall–Kier alpha value is -1.40. The maximum Gasteiger partial charge on any atom is 0.335 e. The van der Waals surface area contributed by atoms with Gasteiger partial charge >= 0.3 is 5.97 Å². The van der Waals surface area contributed by atoms with Gasteiger partial charge in [0, 0.05) is 5.54 Å². The van der Waals surface area contributed by atoms with Crippen molar-refractivity contribution in [1.82, 2.24) is 4.72 Å². The van der Waals surface area contributed by atoms with Crippen LogP contribution < -0.4 is 4.72 Å². The maximum atomic E-state index is 12.1. The molecule has 20 heavy (non-hydrogen) atoms. The molecular weight excluding hydrogens is 278 g/mol. The van der Waals surface area contributed by atoms with Crippen LogP contribution >= 0.6 is 0 Å². The molecule has 5 nitrogen and oxygen atoms in total. The van der Waals surface area contributed by atoms with Gasteiger partial charge in [-0.3, -0.25) is 0 Å². The summed E-state index contributed by atoms with van der Waals surface area (Å²) in [5.74, 6) is -1.18. The fourth-order valence-corrected chi connectivity index (χ4v) is 3.74. The van der Waals surface area contributed by atoms with E-state index >= 15 is 0 Å². The van der Waals surface area contributed by atoms with Crippen molar-refractivity contribution in [2.75, 3.05) is 0 Å². The molecule has 1 rings (SSSR count). The molecule has 0 heterocycles. The first-order chi connectivity index (χ1) is 9.15. The second-order valence-electron chi connectivity index (χ2n) is 5.50. The third-order valence-corrected chi connectivity index (χ3v) is 4.44. The number of sulfonamides is 1. The number of nitrogens with one attached hydrogen (secondary N) is 1.